The van der Waals surface area contributed by atoms with E-state index in [9.17, 15) is 0 Å². The van der Waals surface area contributed by atoms with Crippen LogP contribution in [0.15, 0.2) is 48.8 Å². The molecule has 0 amide bonds. The average molecular weight is 402 g/mol. The van der Waals surface area contributed by atoms with Crippen LogP contribution < -0.4 is 5.73 Å². The zero-order valence-corrected chi connectivity index (χ0v) is 17.2. The molecule has 0 saturated heterocycles. The highest BCUT2D eigenvalue weighted by Gasteiger charge is 2.32. The molecule has 7 nitrogen and oxygen atoms in total. The third-order valence-corrected chi connectivity index (χ3v) is 6.24. The molecule has 2 unspecified atom stereocenters. The van der Waals surface area contributed by atoms with Crippen LogP contribution >= 0.6 is 0 Å². The van der Waals surface area contributed by atoms with E-state index in [0.717, 1.165) is 47.4 Å². The summed E-state index contributed by atoms with van der Waals surface area (Å²) in [7, 11) is 0. The highest BCUT2D eigenvalue weighted by Crippen LogP contribution is 2.39. The zero-order chi connectivity index (χ0) is 20.5. The molecule has 1 aliphatic rings. The standard InChI is InChI=1S/C23H27N7/c1-15(17-13-26-29-20(17)12-24)30(14-22-27-18-8-2-3-9-19(18)28-22)21-10-4-6-16-7-5-11-25-23(16)21/h2-3,5,7-9,11,13,15,21H,4,6,10,12,14,24H2,1H3,(H,26,29)(H,27,28). The topological polar surface area (TPSA) is 99.5 Å². The first-order chi connectivity index (χ1) is 14.7. The van der Waals surface area contributed by atoms with Crippen molar-refractivity contribution in [3.8, 4) is 0 Å². The van der Waals surface area contributed by atoms with Gasteiger partial charge in [-0.15, -0.1) is 0 Å². The molecular formula is C23H27N7. The fourth-order valence-corrected chi connectivity index (χ4v) is 4.70. The molecule has 3 heterocycles. The van der Waals surface area contributed by atoms with Gasteiger partial charge in [0.1, 0.15) is 5.82 Å². The van der Waals surface area contributed by atoms with Crippen molar-refractivity contribution in [3.63, 3.8) is 0 Å². The Balaban J connectivity index is 1.55. The number of aromatic nitrogens is 5. The molecule has 2 atom stereocenters. The minimum absolute atomic E-state index is 0.119. The Bertz CT molecular complexity index is 1110. The number of aryl methyl sites for hydroxylation is 1. The molecule has 7 heteroatoms. The largest absolute Gasteiger partial charge is 0.341 e. The quantitative estimate of drug-likeness (QED) is 0.457. The Morgan fingerprint density at radius 1 is 1.23 bits per heavy atom. The van der Waals surface area contributed by atoms with E-state index in [-0.39, 0.29) is 12.1 Å². The summed E-state index contributed by atoms with van der Waals surface area (Å²) in [5.74, 6) is 0.962. The molecule has 154 valence electrons. The molecular weight excluding hydrogens is 374 g/mol. The summed E-state index contributed by atoms with van der Waals surface area (Å²) in [5.41, 5.74) is 12.7. The number of rotatable bonds is 6. The van der Waals surface area contributed by atoms with Gasteiger partial charge in [-0.25, -0.2) is 4.98 Å². The number of para-hydroxylation sites is 2. The van der Waals surface area contributed by atoms with Crippen molar-refractivity contribution < 1.29 is 0 Å². The number of nitrogens with one attached hydrogen (secondary N) is 2. The fourth-order valence-electron chi connectivity index (χ4n) is 4.70. The first-order valence-corrected chi connectivity index (χ1v) is 10.6. The second-order valence-corrected chi connectivity index (χ2v) is 8.01. The van der Waals surface area contributed by atoms with Crippen LogP contribution in [0.3, 0.4) is 0 Å². The molecule has 3 aromatic heterocycles. The summed E-state index contributed by atoms with van der Waals surface area (Å²) >= 11 is 0. The van der Waals surface area contributed by atoms with E-state index in [2.05, 4.69) is 39.1 Å². The molecule has 5 rings (SSSR count). The molecule has 4 N–H and O–H groups in total. The van der Waals surface area contributed by atoms with Crippen LogP contribution in [-0.2, 0) is 19.5 Å². The monoisotopic (exact) mass is 401 g/mol. The Labute approximate surface area is 175 Å². The van der Waals surface area contributed by atoms with Crippen LogP contribution in [0.4, 0.5) is 0 Å². The summed E-state index contributed by atoms with van der Waals surface area (Å²) in [6, 6.07) is 12.8. The Morgan fingerprint density at radius 2 is 2.13 bits per heavy atom. The fraction of sp³-hybridized carbons (Fsp3) is 0.348. The van der Waals surface area contributed by atoms with Crippen molar-refractivity contribution in [1.82, 2.24) is 30.0 Å². The third kappa shape index (κ3) is 3.40. The number of nitrogens with zero attached hydrogens (tertiary/aromatic N) is 4. The molecule has 0 aliphatic heterocycles. The lowest BCUT2D eigenvalue weighted by atomic mass is 9.89. The molecule has 4 aromatic rings. The van der Waals surface area contributed by atoms with E-state index >= 15 is 0 Å². The van der Waals surface area contributed by atoms with Gasteiger partial charge in [-0.3, -0.25) is 15.0 Å². The Kier molecular flexibility index (Phi) is 5.06. The van der Waals surface area contributed by atoms with Gasteiger partial charge in [0.25, 0.3) is 0 Å². The van der Waals surface area contributed by atoms with Gasteiger partial charge in [0.15, 0.2) is 0 Å². The number of hydrogen-bond acceptors (Lipinski definition) is 5. The Morgan fingerprint density at radius 3 is 3.00 bits per heavy atom. The molecule has 0 fully saturated rings. The van der Waals surface area contributed by atoms with Crippen LogP contribution in [0.25, 0.3) is 11.0 Å². The lowest BCUT2D eigenvalue weighted by molar-refractivity contribution is 0.113. The maximum absolute atomic E-state index is 5.97. The zero-order valence-electron chi connectivity index (χ0n) is 17.2. The lowest BCUT2D eigenvalue weighted by Crippen LogP contribution is -2.34. The van der Waals surface area contributed by atoms with Crippen LogP contribution in [0.1, 0.15) is 60.2 Å². The van der Waals surface area contributed by atoms with E-state index in [1.807, 2.05) is 36.7 Å². The third-order valence-electron chi connectivity index (χ3n) is 6.24. The lowest BCUT2D eigenvalue weighted by Gasteiger charge is -2.38. The molecule has 1 aromatic carbocycles. The van der Waals surface area contributed by atoms with Crippen LogP contribution in [-0.4, -0.2) is 30.0 Å². The van der Waals surface area contributed by atoms with Crippen LogP contribution in [0, 0.1) is 0 Å². The number of aromatic amines is 2. The molecule has 0 radical (unpaired) electrons. The first-order valence-electron chi connectivity index (χ1n) is 10.6. The average Bonchev–Trinajstić information content (AvgIpc) is 3.43. The SMILES string of the molecule is CC(c1cn[nH]c1CN)N(Cc1nc2ccccc2[nH]1)C1CCCc2cccnc21. The van der Waals surface area contributed by atoms with E-state index in [1.165, 1.54) is 11.3 Å². The number of fused-ring (bicyclic) bond motifs is 2. The predicted octanol–water partition coefficient (Wildman–Crippen LogP) is 3.78. The number of nitrogens with two attached hydrogens (primary N) is 1. The minimum Gasteiger partial charge on any atom is -0.341 e. The van der Waals surface area contributed by atoms with Crippen molar-refractivity contribution in [2.75, 3.05) is 0 Å². The van der Waals surface area contributed by atoms with Crippen molar-refractivity contribution in [3.05, 3.63) is 77.1 Å². The number of pyridine rings is 1. The Hall–Kier alpha value is -3.03. The first kappa shape index (κ1) is 19.0. The smallest absolute Gasteiger partial charge is 0.121 e. The van der Waals surface area contributed by atoms with Gasteiger partial charge in [0, 0.05) is 24.3 Å². The summed E-state index contributed by atoms with van der Waals surface area (Å²) in [4.78, 5) is 15.6. The van der Waals surface area contributed by atoms with Crippen molar-refractivity contribution in [1.29, 1.82) is 0 Å². The van der Waals surface area contributed by atoms with E-state index in [4.69, 9.17) is 15.7 Å². The summed E-state index contributed by atoms with van der Waals surface area (Å²) in [5, 5.41) is 7.31. The van der Waals surface area contributed by atoms with Gasteiger partial charge < -0.3 is 10.7 Å². The van der Waals surface area contributed by atoms with Gasteiger partial charge in [0.05, 0.1) is 41.2 Å². The van der Waals surface area contributed by atoms with Crippen molar-refractivity contribution in [2.24, 2.45) is 5.73 Å². The van der Waals surface area contributed by atoms with E-state index in [0.29, 0.717) is 13.1 Å². The summed E-state index contributed by atoms with van der Waals surface area (Å²) < 4.78 is 0. The van der Waals surface area contributed by atoms with Gasteiger partial charge in [-0.2, -0.15) is 5.10 Å². The van der Waals surface area contributed by atoms with E-state index in [1.54, 1.807) is 0 Å². The molecule has 1 aliphatic carbocycles. The number of hydrogen-bond donors (Lipinski definition) is 3. The van der Waals surface area contributed by atoms with E-state index < -0.39 is 0 Å². The highest BCUT2D eigenvalue weighted by atomic mass is 15.2. The predicted molar refractivity (Wildman–Crippen MR) is 116 cm³/mol. The molecule has 0 saturated carbocycles. The summed E-state index contributed by atoms with van der Waals surface area (Å²) in [6.45, 7) is 3.37. The highest BCUT2D eigenvalue weighted by molar-refractivity contribution is 5.74. The molecule has 0 spiro atoms. The minimum atomic E-state index is 0.119. The number of benzene rings is 1. The maximum atomic E-state index is 5.97. The second kappa shape index (κ2) is 8.01. The van der Waals surface area contributed by atoms with Gasteiger partial charge in [-0.1, -0.05) is 18.2 Å². The van der Waals surface area contributed by atoms with Crippen molar-refractivity contribution >= 4 is 11.0 Å². The second-order valence-electron chi connectivity index (χ2n) is 8.01. The number of H-pyrrole nitrogens is 2. The molecule has 30 heavy (non-hydrogen) atoms. The van der Waals surface area contributed by atoms with Crippen LogP contribution in [0.5, 0.6) is 0 Å². The van der Waals surface area contributed by atoms with Crippen molar-refractivity contribution in [2.45, 2.75) is 51.4 Å². The molecule has 0 bridgehead atoms. The summed E-state index contributed by atoms with van der Waals surface area (Å²) in [6.07, 6.45) is 7.13. The van der Waals surface area contributed by atoms with Gasteiger partial charge in [0.2, 0.25) is 0 Å². The number of imidazole rings is 1. The normalized spacial score (nSPS) is 17.4. The van der Waals surface area contributed by atoms with Gasteiger partial charge >= 0.3 is 0 Å². The van der Waals surface area contributed by atoms with Crippen LogP contribution in [0.2, 0.25) is 0 Å². The maximum Gasteiger partial charge on any atom is 0.121 e. The van der Waals surface area contributed by atoms with Gasteiger partial charge in [-0.05, 0) is 49.9 Å².